The minimum Gasteiger partial charge on any atom is -0.457 e. The van der Waals surface area contributed by atoms with Gasteiger partial charge in [0.2, 0.25) is 0 Å². The number of pyridine rings is 1. The van der Waals surface area contributed by atoms with Crippen molar-refractivity contribution in [3.05, 3.63) is 48.4 Å². The molecule has 25 heavy (non-hydrogen) atoms. The third-order valence-corrected chi connectivity index (χ3v) is 3.38. The van der Waals surface area contributed by atoms with Crippen molar-refractivity contribution < 1.29 is 17.9 Å². The van der Waals surface area contributed by atoms with E-state index in [1.54, 1.807) is 31.3 Å². The van der Waals surface area contributed by atoms with E-state index in [1.165, 1.54) is 12.3 Å². The van der Waals surface area contributed by atoms with Crippen LogP contribution in [0.2, 0.25) is 0 Å². The lowest BCUT2D eigenvalue weighted by molar-refractivity contribution is -0.140. The van der Waals surface area contributed by atoms with Crippen molar-refractivity contribution in [3.8, 4) is 23.0 Å². The third-order valence-electron chi connectivity index (χ3n) is 3.38. The zero-order valence-corrected chi connectivity index (χ0v) is 13.1. The third kappa shape index (κ3) is 3.65. The van der Waals surface area contributed by atoms with Crippen LogP contribution in [-0.4, -0.2) is 22.0 Å². The summed E-state index contributed by atoms with van der Waals surface area (Å²) in [4.78, 5) is 9.93. The van der Waals surface area contributed by atoms with Gasteiger partial charge in [0.05, 0.1) is 17.6 Å². The molecule has 0 aliphatic carbocycles. The zero-order valence-electron chi connectivity index (χ0n) is 13.1. The molecule has 0 unspecified atom stereocenters. The minimum atomic E-state index is -4.49. The smallest absolute Gasteiger partial charge is 0.432 e. The summed E-state index contributed by atoms with van der Waals surface area (Å²) in [5.41, 5.74) is 6.44. The minimum absolute atomic E-state index is 0.00261. The number of nitrogens with one attached hydrogen (secondary N) is 2. The van der Waals surface area contributed by atoms with Crippen LogP contribution < -0.4 is 15.8 Å². The summed E-state index contributed by atoms with van der Waals surface area (Å²) >= 11 is 0. The Balaban J connectivity index is 1.84. The Morgan fingerprint density at radius 2 is 1.88 bits per heavy atom. The van der Waals surface area contributed by atoms with Crippen LogP contribution in [0.5, 0.6) is 11.5 Å². The Kier molecular flexibility index (Phi) is 4.22. The van der Waals surface area contributed by atoms with Gasteiger partial charge in [0.25, 0.3) is 0 Å². The molecule has 1 aromatic carbocycles. The van der Waals surface area contributed by atoms with Crippen molar-refractivity contribution >= 4 is 11.4 Å². The van der Waals surface area contributed by atoms with E-state index in [0.717, 1.165) is 11.9 Å². The van der Waals surface area contributed by atoms with Crippen LogP contribution in [0.15, 0.2) is 42.7 Å². The first kappa shape index (κ1) is 16.6. The topological polar surface area (TPSA) is 88.8 Å². The van der Waals surface area contributed by atoms with E-state index in [2.05, 4.69) is 20.3 Å². The maximum absolute atomic E-state index is 12.7. The van der Waals surface area contributed by atoms with E-state index in [1.807, 2.05) is 0 Å². The number of aromatic nitrogens is 3. The van der Waals surface area contributed by atoms with Crippen LogP contribution in [0.1, 0.15) is 5.69 Å². The number of aromatic amines is 1. The number of hydrogen-bond acceptors (Lipinski definition) is 5. The molecular weight excluding hydrogens is 335 g/mol. The van der Waals surface area contributed by atoms with Gasteiger partial charge in [-0.2, -0.15) is 13.2 Å². The lowest BCUT2D eigenvalue weighted by atomic mass is 10.2. The summed E-state index contributed by atoms with van der Waals surface area (Å²) < 4.78 is 43.6. The molecule has 0 saturated carbocycles. The fraction of sp³-hybridized carbons (Fsp3) is 0.125. The van der Waals surface area contributed by atoms with Crippen molar-refractivity contribution in [2.45, 2.75) is 6.18 Å². The first-order valence-corrected chi connectivity index (χ1v) is 7.20. The Hall–Kier alpha value is -3.23. The predicted molar refractivity (Wildman–Crippen MR) is 87.3 cm³/mol. The van der Waals surface area contributed by atoms with Crippen LogP contribution in [0.25, 0.3) is 11.5 Å². The van der Waals surface area contributed by atoms with E-state index >= 15 is 0 Å². The Bertz CT molecular complexity index is 891. The van der Waals surface area contributed by atoms with Gasteiger partial charge < -0.3 is 20.8 Å². The number of H-pyrrole nitrogens is 1. The number of ether oxygens (including phenoxy) is 1. The molecule has 3 aromatic rings. The number of halogens is 3. The van der Waals surface area contributed by atoms with Gasteiger partial charge in [0, 0.05) is 25.4 Å². The average Bonchev–Trinajstić information content (AvgIpc) is 3.06. The standard InChI is InChI=1S/C16H14F3N5O/c1-21-12-3-2-9(6-11(12)20)25-10-4-5-22-13(7-10)15-23-8-14(24-15)16(17,18)19/h2-8,21H,20H2,1H3,(H,23,24). The van der Waals surface area contributed by atoms with Gasteiger partial charge >= 0.3 is 6.18 Å². The second kappa shape index (κ2) is 6.34. The molecule has 0 atom stereocenters. The maximum atomic E-state index is 12.7. The van der Waals surface area contributed by atoms with E-state index < -0.39 is 11.9 Å². The number of hydrogen-bond donors (Lipinski definition) is 3. The highest BCUT2D eigenvalue weighted by Gasteiger charge is 2.33. The Labute approximate surface area is 140 Å². The molecule has 4 N–H and O–H groups in total. The average molecular weight is 349 g/mol. The molecule has 2 aromatic heterocycles. The van der Waals surface area contributed by atoms with Crippen molar-refractivity contribution in [1.29, 1.82) is 0 Å². The van der Waals surface area contributed by atoms with Gasteiger partial charge in [0.1, 0.15) is 22.9 Å². The molecule has 0 saturated heterocycles. The van der Waals surface area contributed by atoms with Crippen LogP contribution in [0, 0.1) is 0 Å². The predicted octanol–water partition coefficient (Wildman–Crippen LogP) is 3.91. The van der Waals surface area contributed by atoms with Gasteiger partial charge in [-0.25, -0.2) is 4.98 Å². The molecule has 3 rings (SSSR count). The van der Waals surface area contributed by atoms with Crippen molar-refractivity contribution in [2.75, 3.05) is 18.1 Å². The van der Waals surface area contributed by atoms with Crippen LogP contribution in [-0.2, 0) is 6.18 Å². The van der Waals surface area contributed by atoms with Crippen molar-refractivity contribution in [3.63, 3.8) is 0 Å². The number of nitrogens with two attached hydrogens (primary N) is 1. The second-order valence-corrected chi connectivity index (χ2v) is 5.12. The molecule has 0 amide bonds. The Morgan fingerprint density at radius 1 is 1.12 bits per heavy atom. The van der Waals surface area contributed by atoms with E-state index in [9.17, 15) is 13.2 Å². The highest BCUT2D eigenvalue weighted by atomic mass is 19.4. The molecule has 6 nitrogen and oxygen atoms in total. The van der Waals surface area contributed by atoms with E-state index in [-0.39, 0.29) is 11.5 Å². The summed E-state index contributed by atoms with van der Waals surface area (Å²) in [5.74, 6) is 0.887. The van der Waals surface area contributed by atoms with Crippen molar-refractivity contribution in [1.82, 2.24) is 15.0 Å². The van der Waals surface area contributed by atoms with Gasteiger partial charge in [0.15, 0.2) is 5.82 Å². The number of rotatable bonds is 4. The molecule has 0 radical (unpaired) electrons. The highest BCUT2D eigenvalue weighted by molar-refractivity contribution is 5.68. The normalized spacial score (nSPS) is 11.4. The molecule has 9 heteroatoms. The van der Waals surface area contributed by atoms with Crippen LogP contribution in [0.4, 0.5) is 24.5 Å². The number of nitrogen functional groups attached to an aromatic ring is 1. The quantitative estimate of drug-likeness (QED) is 0.622. The van der Waals surface area contributed by atoms with Crippen LogP contribution in [0.3, 0.4) is 0 Å². The first-order valence-electron chi connectivity index (χ1n) is 7.20. The Morgan fingerprint density at radius 3 is 2.52 bits per heavy atom. The molecule has 0 spiro atoms. The molecule has 0 aliphatic rings. The van der Waals surface area contributed by atoms with E-state index in [4.69, 9.17) is 10.5 Å². The highest BCUT2D eigenvalue weighted by Crippen LogP contribution is 2.31. The van der Waals surface area contributed by atoms with Gasteiger partial charge in [-0.3, -0.25) is 4.98 Å². The summed E-state index contributed by atoms with van der Waals surface area (Å²) in [5, 5.41) is 2.94. The number of benzene rings is 1. The number of anilines is 2. The largest absolute Gasteiger partial charge is 0.457 e. The number of alkyl halides is 3. The van der Waals surface area contributed by atoms with Gasteiger partial charge in [-0.05, 0) is 18.2 Å². The lowest BCUT2D eigenvalue weighted by Gasteiger charge is -2.10. The fourth-order valence-corrected chi connectivity index (χ4v) is 2.17. The summed E-state index contributed by atoms with van der Waals surface area (Å²) in [6.07, 6.45) is -2.35. The first-order chi connectivity index (χ1) is 11.9. The molecule has 0 aliphatic heterocycles. The number of nitrogens with zero attached hydrogens (tertiary/aromatic N) is 2. The lowest BCUT2D eigenvalue weighted by Crippen LogP contribution is -2.04. The fourth-order valence-electron chi connectivity index (χ4n) is 2.17. The SMILES string of the molecule is CNc1ccc(Oc2ccnc(-c3ncc(C(F)(F)F)[nH]3)c2)cc1N. The number of imidazole rings is 1. The van der Waals surface area contributed by atoms with E-state index in [0.29, 0.717) is 17.2 Å². The molecule has 0 fully saturated rings. The monoisotopic (exact) mass is 349 g/mol. The zero-order chi connectivity index (χ0) is 18.0. The van der Waals surface area contributed by atoms with Crippen LogP contribution >= 0.6 is 0 Å². The molecule has 2 heterocycles. The second-order valence-electron chi connectivity index (χ2n) is 5.12. The molecular formula is C16H14F3N5O. The van der Waals surface area contributed by atoms with Crippen molar-refractivity contribution in [2.24, 2.45) is 0 Å². The molecule has 130 valence electrons. The summed E-state index contributed by atoms with van der Waals surface area (Å²) in [6.45, 7) is 0. The van der Waals surface area contributed by atoms with Gasteiger partial charge in [-0.1, -0.05) is 0 Å². The summed E-state index contributed by atoms with van der Waals surface area (Å²) in [6, 6.07) is 8.19. The van der Waals surface area contributed by atoms with Gasteiger partial charge in [-0.15, -0.1) is 0 Å². The summed E-state index contributed by atoms with van der Waals surface area (Å²) in [7, 11) is 1.75. The molecule has 0 bridgehead atoms. The maximum Gasteiger partial charge on any atom is 0.432 e.